The summed E-state index contributed by atoms with van der Waals surface area (Å²) >= 11 is 0. The summed E-state index contributed by atoms with van der Waals surface area (Å²) in [5, 5.41) is 3.28. The van der Waals surface area contributed by atoms with Gasteiger partial charge in [-0.05, 0) is 43.9 Å². The standard InChI is InChI=1S/C16H30N2O/c1-11-5-3-7-13(10-9-11)18-16(19)14-8-4-6-12(2)15(14)17/h11-15H,3-10,17H2,1-2H3,(H,18,19). The molecule has 2 aliphatic carbocycles. The third-order valence-electron chi connectivity index (χ3n) is 5.24. The van der Waals surface area contributed by atoms with Crippen LogP contribution in [-0.4, -0.2) is 18.0 Å². The Kier molecular flexibility index (Phi) is 5.26. The highest BCUT2D eigenvalue weighted by atomic mass is 16.2. The molecule has 3 heteroatoms. The molecule has 19 heavy (non-hydrogen) atoms. The topological polar surface area (TPSA) is 55.1 Å². The lowest BCUT2D eigenvalue weighted by molar-refractivity contribution is -0.127. The molecule has 3 nitrogen and oxygen atoms in total. The molecule has 110 valence electrons. The molecule has 0 saturated heterocycles. The fourth-order valence-corrected chi connectivity index (χ4v) is 3.69. The van der Waals surface area contributed by atoms with E-state index in [-0.39, 0.29) is 17.9 Å². The summed E-state index contributed by atoms with van der Waals surface area (Å²) in [6.45, 7) is 4.50. The quantitative estimate of drug-likeness (QED) is 0.755. The molecule has 0 aromatic rings. The summed E-state index contributed by atoms with van der Waals surface area (Å²) in [5.41, 5.74) is 6.22. The molecular weight excluding hydrogens is 236 g/mol. The van der Waals surface area contributed by atoms with Gasteiger partial charge < -0.3 is 11.1 Å². The van der Waals surface area contributed by atoms with Crippen molar-refractivity contribution in [3.8, 4) is 0 Å². The van der Waals surface area contributed by atoms with Gasteiger partial charge in [-0.2, -0.15) is 0 Å². The number of hydrogen-bond acceptors (Lipinski definition) is 2. The minimum Gasteiger partial charge on any atom is -0.353 e. The van der Waals surface area contributed by atoms with E-state index in [0.717, 1.165) is 31.6 Å². The SMILES string of the molecule is CC1CCCC(NC(=O)C2CCCC(C)C2N)CC1. The first-order valence-corrected chi connectivity index (χ1v) is 8.14. The minimum absolute atomic E-state index is 0.0458. The van der Waals surface area contributed by atoms with Crippen LogP contribution in [0, 0.1) is 17.8 Å². The summed E-state index contributed by atoms with van der Waals surface area (Å²) in [7, 11) is 0. The van der Waals surface area contributed by atoms with Crippen molar-refractivity contribution >= 4 is 5.91 Å². The molecule has 0 aliphatic heterocycles. The molecule has 0 aromatic carbocycles. The van der Waals surface area contributed by atoms with E-state index in [1.54, 1.807) is 0 Å². The fraction of sp³-hybridized carbons (Fsp3) is 0.938. The maximum atomic E-state index is 12.4. The Labute approximate surface area is 117 Å². The summed E-state index contributed by atoms with van der Waals surface area (Å²) in [4.78, 5) is 12.4. The van der Waals surface area contributed by atoms with Gasteiger partial charge in [-0.1, -0.05) is 33.1 Å². The van der Waals surface area contributed by atoms with Gasteiger partial charge >= 0.3 is 0 Å². The van der Waals surface area contributed by atoms with Gasteiger partial charge in [0, 0.05) is 12.1 Å². The Hall–Kier alpha value is -0.570. The van der Waals surface area contributed by atoms with Crippen LogP contribution in [-0.2, 0) is 4.79 Å². The molecule has 2 rings (SSSR count). The van der Waals surface area contributed by atoms with Crippen LogP contribution in [0.4, 0.5) is 0 Å². The number of carbonyl (C=O) groups is 1. The normalized spacial score (nSPS) is 40.5. The predicted molar refractivity (Wildman–Crippen MR) is 78.7 cm³/mol. The largest absolute Gasteiger partial charge is 0.353 e. The van der Waals surface area contributed by atoms with Crippen LogP contribution in [0.2, 0.25) is 0 Å². The van der Waals surface area contributed by atoms with Crippen molar-refractivity contribution in [2.45, 2.75) is 77.3 Å². The van der Waals surface area contributed by atoms with E-state index in [9.17, 15) is 4.79 Å². The number of hydrogen-bond donors (Lipinski definition) is 2. The Morgan fingerprint density at radius 1 is 1.00 bits per heavy atom. The van der Waals surface area contributed by atoms with Crippen molar-refractivity contribution in [1.29, 1.82) is 0 Å². The van der Waals surface area contributed by atoms with E-state index in [2.05, 4.69) is 19.2 Å². The zero-order valence-electron chi connectivity index (χ0n) is 12.5. The summed E-state index contributed by atoms with van der Waals surface area (Å²) in [5.74, 6) is 1.57. The molecule has 2 aliphatic rings. The van der Waals surface area contributed by atoms with E-state index in [1.165, 1.54) is 25.7 Å². The second-order valence-corrected chi connectivity index (χ2v) is 6.91. The van der Waals surface area contributed by atoms with Gasteiger partial charge in [-0.25, -0.2) is 0 Å². The molecular formula is C16H30N2O. The number of nitrogens with two attached hydrogens (primary N) is 1. The van der Waals surface area contributed by atoms with Crippen molar-refractivity contribution in [1.82, 2.24) is 5.32 Å². The average Bonchev–Trinajstić information content (AvgIpc) is 2.58. The minimum atomic E-state index is 0.0458. The number of carbonyl (C=O) groups excluding carboxylic acids is 1. The van der Waals surface area contributed by atoms with Gasteiger partial charge in [0.25, 0.3) is 0 Å². The molecule has 0 radical (unpaired) electrons. The van der Waals surface area contributed by atoms with E-state index >= 15 is 0 Å². The fourth-order valence-electron chi connectivity index (χ4n) is 3.69. The highest BCUT2D eigenvalue weighted by Crippen LogP contribution is 2.29. The third kappa shape index (κ3) is 3.95. The van der Waals surface area contributed by atoms with Gasteiger partial charge in [0.15, 0.2) is 0 Å². The molecule has 2 fully saturated rings. The number of amides is 1. The molecule has 0 aromatic heterocycles. The Morgan fingerprint density at radius 3 is 2.53 bits per heavy atom. The second-order valence-electron chi connectivity index (χ2n) is 6.91. The van der Waals surface area contributed by atoms with Crippen LogP contribution in [0.25, 0.3) is 0 Å². The Morgan fingerprint density at radius 2 is 1.74 bits per heavy atom. The van der Waals surface area contributed by atoms with Crippen LogP contribution in [0.1, 0.15) is 65.2 Å². The van der Waals surface area contributed by atoms with Gasteiger partial charge in [0.2, 0.25) is 5.91 Å². The Balaban J connectivity index is 1.86. The van der Waals surface area contributed by atoms with Crippen LogP contribution in [0.5, 0.6) is 0 Å². The lowest BCUT2D eigenvalue weighted by Gasteiger charge is -2.33. The van der Waals surface area contributed by atoms with Crippen LogP contribution < -0.4 is 11.1 Å². The van der Waals surface area contributed by atoms with Crippen molar-refractivity contribution < 1.29 is 4.79 Å². The average molecular weight is 266 g/mol. The predicted octanol–water partition coefficient (Wildman–Crippen LogP) is 2.83. The number of nitrogens with one attached hydrogen (secondary N) is 1. The van der Waals surface area contributed by atoms with Crippen LogP contribution in [0.15, 0.2) is 0 Å². The van der Waals surface area contributed by atoms with Crippen molar-refractivity contribution in [2.24, 2.45) is 23.5 Å². The van der Waals surface area contributed by atoms with Gasteiger partial charge in [0.1, 0.15) is 0 Å². The number of rotatable bonds is 2. The first-order valence-electron chi connectivity index (χ1n) is 8.14. The highest BCUT2D eigenvalue weighted by Gasteiger charge is 2.33. The molecule has 0 heterocycles. The van der Waals surface area contributed by atoms with E-state index in [1.807, 2.05) is 0 Å². The van der Waals surface area contributed by atoms with Gasteiger partial charge in [-0.15, -0.1) is 0 Å². The van der Waals surface area contributed by atoms with E-state index in [4.69, 9.17) is 5.73 Å². The molecule has 5 unspecified atom stereocenters. The smallest absolute Gasteiger partial charge is 0.224 e. The van der Waals surface area contributed by atoms with Crippen molar-refractivity contribution in [2.75, 3.05) is 0 Å². The van der Waals surface area contributed by atoms with E-state index in [0.29, 0.717) is 12.0 Å². The van der Waals surface area contributed by atoms with Crippen LogP contribution in [0.3, 0.4) is 0 Å². The monoisotopic (exact) mass is 266 g/mol. The van der Waals surface area contributed by atoms with Crippen LogP contribution >= 0.6 is 0 Å². The lowest BCUT2D eigenvalue weighted by Crippen LogP contribution is -2.49. The van der Waals surface area contributed by atoms with Crippen molar-refractivity contribution in [3.63, 3.8) is 0 Å². The van der Waals surface area contributed by atoms with Crippen molar-refractivity contribution in [3.05, 3.63) is 0 Å². The highest BCUT2D eigenvalue weighted by molar-refractivity contribution is 5.79. The molecule has 0 spiro atoms. The summed E-state index contributed by atoms with van der Waals surface area (Å²) in [6, 6.07) is 0.445. The zero-order chi connectivity index (χ0) is 13.8. The third-order valence-corrected chi connectivity index (χ3v) is 5.24. The molecule has 3 N–H and O–H groups in total. The lowest BCUT2D eigenvalue weighted by atomic mass is 9.77. The van der Waals surface area contributed by atoms with Gasteiger partial charge in [-0.3, -0.25) is 4.79 Å². The molecule has 1 amide bonds. The second kappa shape index (κ2) is 6.74. The van der Waals surface area contributed by atoms with E-state index < -0.39 is 0 Å². The summed E-state index contributed by atoms with van der Waals surface area (Å²) < 4.78 is 0. The first-order chi connectivity index (χ1) is 9.08. The molecule has 5 atom stereocenters. The maximum absolute atomic E-state index is 12.4. The molecule has 2 saturated carbocycles. The zero-order valence-corrected chi connectivity index (χ0v) is 12.5. The molecule has 0 bridgehead atoms. The maximum Gasteiger partial charge on any atom is 0.224 e. The Bertz CT molecular complexity index is 305. The summed E-state index contributed by atoms with van der Waals surface area (Å²) in [6.07, 6.45) is 9.39. The first kappa shape index (κ1) is 14.8. The van der Waals surface area contributed by atoms with Gasteiger partial charge in [0.05, 0.1) is 5.92 Å².